The van der Waals surface area contributed by atoms with Crippen molar-refractivity contribution in [1.29, 1.82) is 5.26 Å². The highest BCUT2D eigenvalue weighted by Crippen LogP contribution is 2.20. The number of rotatable bonds is 2. The number of nitrogens with two attached hydrogens (primary N) is 3. The van der Waals surface area contributed by atoms with Gasteiger partial charge in [0, 0.05) is 12.6 Å². The second-order valence-electron chi connectivity index (χ2n) is 6.21. The fraction of sp³-hybridized carbons (Fsp3) is 0.100. The van der Waals surface area contributed by atoms with Crippen LogP contribution in [0.15, 0.2) is 47.5 Å². The van der Waals surface area contributed by atoms with Crippen LogP contribution in [0.4, 0.5) is 17.6 Å². The number of nitrogen functional groups attached to an aromatic ring is 3. The van der Waals surface area contributed by atoms with Crippen LogP contribution in [0.25, 0.3) is 16.6 Å². The van der Waals surface area contributed by atoms with E-state index in [1.54, 1.807) is 47.3 Å². The average molecular weight is 436 g/mol. The maximum absolute atomic E-state index is 12.7. The van der Waals surface area contributed by atoms with E-state index in [-0.39, 0.29) is 28.7 Å². The highest BCUT2D eigenvalue weighted by molar-refractivity contribution is 6.35. The van der Waals surface area contributed by atoms with E-state index in [9.17, 15) is 4.79 Å². The summed E-state index contributed by atoms with van der Waals surface area (Å²) in [7, 11) is 0. The lowest BCUT2D eigenvalue weighted by Crippen LogP contribution is -2.24. The molecule has 31 heavy (non-hydrogen) atoms. The van der Waals surface area contributed by atoms with E-state index in [2.05, 4.69) is 19.9 Å². The van der Waals surface area contributed by atoms with Gasteiger partial charge in [0.2, 0.25) is 5.95 Å². The smallest absolute Gasteiger partial charge is 0.267 e. The fourth-order valence-corrected chi connectivity index (χ4v) is 3.10. The van der Waals surface area contributed by atoms with Crippen molar-refractivity contribution >= 4 is 40.1 Å². The second kappa shape index (κ2) is 9.06. The lowest BCUT2D eigenvalue weighted by molar-refractivity contribution is 0.830. The molecule has 0 aliphatic rings. The first-order chi connectivity index (χ1) is 14.9. The Kier molecular flexibility index (Phi) is 6.28. The monoisotopic (exact) mass is 435 g/mol. The molecular formula is C20H18ClN9O. The summed E-state index contributed by atoms with van der Waals surface area (Å²) in [5, 5.41) is 9.32. The van der Waals surface area contributed by atoms with Crippen molar-refractivity contribution in [3.8, 4) is 11.8 Å². The third-order valence-electron chi connectivity index (χ3n) is 4.23. The average Bonchev–Trinajstić information content (AvgIpc) is 2.74. The molecule has 0 radical (unpaired) electrons. The van der Waals surface area contributed by atoms with Crippen LogP contribution in [0, 0.1) is 11.3 Å². The second-order valence-corrected chi connectivity index (χ2v) is 6.61. The molecule has 3 aromatic heterocycles. The van der Waals surface area contributed by atoms with Crippen LogP contribution in [0.5, 0.6) is 0 Å². The minimum atomic E-state index is -0.162. The molecule has 4 aromatic rings. The van der Waals surface area contributed by atoms with E-state index < -0.39 is 0 Å². The van der Waals surface area contributed by atoms with Crippen molar-refractivity contribution in [2.24, 2.45) is 0 Å². The third-order valence-corrected chi connectivity index (χ3v) is 4.55. The largest absolute Gasteiger partial charge is 0.382 e. The van der Waals surface area contributed by atoms with Gasteiger partial charge in [-0.3, -0.25) is 14.3 Å². The molecule has 0 amide bonds. The van der Waals surface area contributed by atoms with Crippen molar-refractivity contribution in [3.05, 3.63) is 69.5 Å². The van der Waals surface area contributed by atoms with Gasteiger partial charge in [0.05, 0.1) is 27.8 Å². The van der Waals surface area contributed by atoms with E-state index in [0.717, 1.165) is 0 Å². The number of halogens is 1. The Morgan fingerprint density at radius 1 is 1.10 bits per heavy atom. The van der Waals surface area contributed by atoms with Crippen molar-refractivity contribution in [3.63, 3.8) is 0 Å². The summed E-state index contributed by atoms with van der Waals surface area (Å²) in [5.41, 5.74) is 17.0. The molecule has 0 unspecified atom stereocenters. The van der Waals surface area contributed by atoms with E-state index in [4.69, 9.17) is 34.1 Å². The highest BCUT2D eigenvalue weighted by Gasteiger charge is 2.13. The van der Waals surface area contributed by atoms with Gasteiger partial charge in [0.15, 0.2) is 0 Å². The molecule has 4 rings (SSSR count). The van der Waals surface area contributed by atoms with Gasteiger partial charge >= 0.3 is 0 Å². The van der Waals surface area contributed by atoms with Gasteiger partial charge in [-0.15, -0.1) is 0 Å². The number of benzene rings is 1. The van der Waals surface area contributed by atoms with Crippen LogP contribution in [-0.4, -0.2) is 24.5 Å². The number of aryl methyl sites for hydroxylation is 1. The van der Waals surface area contributed by atoms with E-state index in [1.165, 1.54) is 0 Å². The van der Waals surface area contributed by atoms with E-state index in [1.807, 2.05) is 13.0 Å². The molecule has 0 bridgehead atoms. The van der Waals surface area contributed by atoms with Crippen LogP contribution < -0.4 is 22.8 Å². The number of fused-ring (bicyclic) bond motifs is 1. The summed E-state index contributed by atoms with van der Waals surface area (Å²) < 4.78 is 1.57. The molecule has 6 N–H and O–H groups in total. The maximum Gasteiger partial charge on any atom is 0.267 e. The van der Waals surface area contributed by atoms with Crippen LogP contribution in [0.2, 0.25) is 5.02 Å². The molecule has 0 saturated carbocycles. The van der Waals surface area contributed by atoms with Crippen molar-refractivity contribution < 1.29 is 0 Å². The van der Waals surface area contributed by atoms with Crippen molar-refractivity contribution in [2.75, 3.05) is 17.2 Å². The summed E-state index contributed by atoms with van der Waals surface area (Å²) in [6.07, 6.45) is 3.96. The Morgan fingerprint density at radius 2 is 1.81 bits per heavy atom. The van der Waals surface area contributed by atoms with E-state index >= 15 is 0 Å². The predicted molar refractivity (Wildman–Crippen MR) is 120 cm³/mol. The molecule has 0 aliphatic heterocycles. The molecule has 0 aliphatic carbocycles. The topological polar surface area (TPSA) is 175 Å². The first-order valence-corrected chi connectivity index (χ1v) is 9.44. The number of nitriles is 1. The van der Waals surface area contributed by atoms with Crippen LogP contribution in [0.1, 0.15) is 18.3 Å². The van der Waals surface area contributed by atoms with Crippen LogP contribution in [-0.2, 0) is 6.42 Å². The number of anilines is 3. The summed E-state index contributed by atoms with van der Waals surface area (Å²) in [5.74, 6) is 0.687. The maximum atomic E-state index is 12.7. The predicted octanol–water partition coefficient (Wildman–Crippen LogP) is 2.09. The van der Waals surface area contributed by atoms with Gasteiger partial charge in [-0.1, -0.05) is 24.6 Å². The minimum absolute atomic E-state index is 0.0116. The fourth-order valence-electron chi connectivity index (χ4n) is 2.85. The number of hydrogen-bond donors (Lipinski definition) is 3. The molecule has 0 spiro atoms. The minimum Gasteiger partial charge on any atom is -0.382 e. The van der Waals surface area contributed by atoms with Gasteiger partial charge in [-0.05, 0) is 24.3 Å². The Labute approximate surface area is 182 Å². The quantitative estimate of drug-likeness (QED) is 0.425. The zero-order chi connectivity index (χ0) is 22.5. The highest BCUT2D eigenvalue weighted by atomic mass is 35.5. The standard InChI is InChI=1S/C15H12ClN3O.C5H6N6/c1-2-13-18-12-7-3-6-11(16)14(12)15(20)19(13)10-5-4-8-17-9-10;6-1-2-3(7)10-5(9)11-4(2)8/h3-9H,2H2,1H3;(H6,7,8,9,10,11). The van der Waals surface area contributed by atoms with Crippen LogP contribution in [0.3, 0.4) is 0 Å². The lowest BCUT2D eigenvalue weighted by atomic mass is 10.2. The molecule has 0 saturated heterocycles. The molecule has 0 fully saturated rings. The summed E-state index contributed by atoms with van der Waals surface area (Å²) in [6.45, 7) is 1.96. The molecule has 10 nitrogen and oxygen atoms in total. The van der Waals surface area contributed by atoms with Gasteiger partial charge in [0.1, 0.15) is 29.1 Å². The third kappa shape index (κ3) is 4.36. The summed E-state index contributed by atoms with van der Waals surface area (Å²) in [6, 6.07) is 10.7. The molecule has 3 heterocycles. The Balaban J connectivity index is 0.000000210. The van der Waals surface area contributed by atoms with Gasteiger partial charge in [-0.25, -0.2) is 4.98 Å². The Bertz CT molecular complexity index is 1320. The number of hydrogen-bond acceptors (Lipinski definition) is 9. The molecule has 156 valence electrons. The molecular weight excluding hydrogens is 418 g/mol. The zero-order valence-electron chi connectivity index (χ0n) is 16.5. The first-order valence-electron chi connectivity index (χ1n) is 9.06. The zero-order valence-corrected chi connectivity index (χ0v) is 17.2. The summed E-state index contributed by atoms with van der Waals surface area (Å²) >= 11 is 6.15. The van der Waals surface area contributed by atoms with Gasteiger partial charge in [-0.2, -0.15) is 15.2 Å². The van der Waals surface area contributed by atoms with Crippen molar-refractivity contribution in [1.82, 2.24) is 24.5 Å². The Morgan fingerprint density at radius 3 is 2.39 bits per heavy atom. The SMILES string of the molecule is CCc1nc2cccc(Cl)c2c(=O)n1-c1cccnc1.N#Cc1c(N)nc(N)nc1N. The first kappa shape index (κ1) is 21.5. The number of nitrogens with zero attached hydrogens (tertiary/aromatic N) is 6. The van der Waals surface area contributed by atoms with Crippen LogP contribution >= 0.6 is 11.6 Å². The summed E-state index contributed by atoms with van der Waals surface area (Å²) in [4.78, 5) is 28.4. The molecule has 1 aromatic carbocycles. The van der Waals surface area contributed by atoms with Gasteiger partial charge in [0.25, 0.3) is 5.56 Å². The lowest BCUT2D eigenvalue weighted by Gasteiger charge is -2.12. The number of aromatic nitrogens is 5. The number of pyridine rings is 1. The van der Waals surface area contributed by atoms with Gasteiger partial charge < -0.3 is 17.2 Å². The van der Waals surface area contributed by atoms with E-state index in [0.29, 0.717) is 33.9 Å². The molecule has 0 atom stereocenters. The molecule has 11 heteroatoms. The normalized spacial score (nSPS) is 10.2. The van der Waals surface area contributed by atoms with Crippen molar-refractivity contribution in [2.45, 2.75) is 13.3 Å². The Hall–Kier alpha value is -4.23.